The van der Waals surface area contributed by atoms with Gasteiger partial charge in [0, 0.05) is 32.6 Å². The third-order valence-corrected chi connectivity index (χ3v) is 3.77. The highest BCUT2D eigenvalue weighted by molar-refractivity contribution is 5.78. The fourth-order valence-electron chi connectivity index (χ4n) is 2.58. The van der Waals surface area contributed by atoms with E-state index in [1.54, 1.807) is 12.1 Å². The lowest BCUT2D eigenvalue weighted by Crippen LogP contribution is -2.46. The van der Waals surface area contributed by atoms with Crippen LogP contribution in [-0.2, 0) is 16.1 Å². The molecule has 1 aromatic rings. The number of likely N-dealkylation sites (tertiary alicyclic amines) is 1. The zero-order chi connectivity index (χ0) is 15.9. The summed E-state index contributed by atoms with van der Waals surface area (Å²) in [5.41, 5.74) is 0.874. The summed E-state index contributed by atoms with van der Waals surface area (Å²) in [6.45, 7) is 3.88. The number of carbonyl (C=O) groups is 2. The molecule has 6 heteroatoms. The van der Waals surface area contributed by atoms with E-state index < -0.39 is 0 Å². The van der Waals surface area contributed by atoms with Crippen LogP contribution in [0.2, 0.25) is 0 Å². The first-order valence-corrected chi connectivity index (χ1v) is 7.53. The Labute approximate surface area is 129 Å². The maximum atomic E-state index is 12.8. The van der Waals surface area contributed by atoms with Gasteiger partial charge in [-0.15, -0.1) is 0 Å². The minimum Gasteiger partial charge on any atom is -0.354 e. The average molecular weight is 307 g/mol. The van der Waals surface area contributed by atoms with Crippen molar-refractivity contribution >= 4 is 11.8 Å². The van der Waals surface area contributed by atoms with Crippen molar-refractivity contribution in [3.63, 3.8) is 0 Å². The molecule has 22 heavy (non-hydrogen) atoms. The first kappa shape index (κ1) is 16.4. The molecule has 0 saturated carbocycles. The Morgan fingerprint density at radius 2 is 1.86 bits per heavy atom. The zero-order valence-electron chi connectivity index (χ0n) is 12.8. The van der Waals surface area contributed by atoms with Crippen molar-refractivity contribution in [2.75, 3.05) is 19.6 Å². The molecule has 120 valence electrons. The van der Waals surface area contributed by atoms with Crippen LogP contribution in [0.15, 0.2) is 24.3 Å². The summed E-state index contributed by atoms with van der Waals surface area (Å²) >= 11 is 0. The van der Waals surface area contributed by atoms with E-state index in [1.165, 1.54) is 19.1 Å². The van der Waals surface area contributed by atoms with Gasteiger partial charge in [-0.25, -0.2) is 4.39 Å². The van der Waals surface area contributed by atoms with Crippen LogP contribution >= 0.6 is 0 Å². The van der Waals surface area contributed by atoms with Gasteiger partial charge in [0.15, 0.2) is 0 Å². The number of carbonyl (C=O) groups excluding carboxylic acids is 2. The molecule has 2 amide bonds. The number of rotatable bonds is 5. The molecule has 2 N–H and O–H groups in total. The topological polar surface area (TPSA) is 61.4 Å². The van der Waals surface area contributed by atoms with Crippen molar-refractivity contribution in [3.8, 4) is 0 Å². The number of piperidine rings is 1. The number of halogens is 1. The van der Waals surface area contributed by atoms with Gasteiger partial charge in [0.05, 0.1) is 6.54 Å². The second-order valence-electron chi connectivity index (χ2n) is 5.65. The number of benzene rings is 1. The molecule has 1 aromatic carbocycles. The summed E-state index contributed by atoms with van der Waals surface area (Å²) in [6, 6.07) is 6.31. The van der Waals surface area contributed by atoms with Crippen LogP contribution in [0.4, 0.5) is 4.39 Å². The van der Waals surface area contributed by atoms with E-state index in [0.29, 0.717) is 13.1 Å². The molecule has 1 aliphatic rings. The number of hydrogen-bond acceptors (Lipinski definition) is 3. The number of amides is 2. The van der Waals surface area contributed by atoms with Gasteiger partial charge < -0.3 is 10.6 Å². The summed E-state index contributed by atoms with van der Waals surface area (Å²) < 4.78 is 12.8. The third-order valence-electron chi connectivity index (χ3n) is 3.77. The van der Waals surface area contributed by atoms with Crippen LogP contribution in [0.3, 0.4) is 0 Å². The summed E-state index contributed by atoms with van der Waals surface area (Å²) in [7, 11) is 0. The lowest BCUT2D eigenvalue weighted by atomic mass is 10.1. The summed E-state index contributed by atoms with van der Waals surface area (Å²) in [5.74, 6) is -0.324. The quantitative estimate of drug-likeness (QED) is 0.854. The van der Waals surface area contributed by atoms with E-state index in [-0.39, 0.29) is 23.7 Å². The molecular formula is C16H22FN3O2. The van der Waals surface area contributed by atoms with Crippen molar-refractivity contribution in [2.24, 2.45) is 0 Å². The zero-order valence-corrected chi connectivity index (χ0v) is 12.8. The monoisotopic (exact) mass is 307 g/mol. The lowest BCUT2D eigenvalue weighted by molar-refractivity contribution is -0.123. The summed E-state index contributed by atoms with van der Waals surface area (Å²) in [4.78, 5) is 25.0. The Hall–Kier alpha value is -1.95. The highest BCUT2D eigenvalue weighted by Crippen LogP contribution is 2.10. The van der Waals surface area contributed by atoms with Crippen LogP contribution < -0.4 is 10.6 Å². The SMILES string of the molecule is CC(=O)NC1CCN(CC(=O)NCc2ccc(F)cc2)CC1. The summed E-state index contributed by atoms with van der Waals surface area (Å²) in [6.07, 6.45) is 1.73. The molecule has 0 bridgehead atoms. The normalized spacial score (nSPS) is 16.3. The third kappa shape index (κ3) is 5.44. The maximum absolute atomic E-state index is 12.8. The predicted molar refractivity (Wildman–Crippen MR) is 81.5 cm³/mol. The van der Waals surface area contributed by atoms with Crippen molar-refractivity contribution in [1.29, 1.82) is 0 Å². The molecule has 1 aliphatic heterocycles. The molecule has 0 aliphatic carbocycles. The van der Waals surface area contributed by atoms with Crippen molar-refractivity contribution in [2.45, 2.75) is 32.4 Å². The van der Waals surface area contributed by atoms with Crippen LogP contribution in [0.5, 0.6) is 0 Å². The largest absolute Gasteiger partial charge is 0.354 e. The van der Waals surface area contributed by atoms with Gasteiger partial charge in [0.1, 0.15) is 5.82 Å². The Kier molecular flexibility index (Phi) is 5.89. The molecule has 0 atom stereocenters. The van der Waals surface area contributed by atoms with Gasteiger partial charge in [-0.1, -0.05) is 12.1 Å². The molecule has 0 aromatic heterocycles. The second-order valence-corrected chi connectivity index (χ2v) is 5.65. The maximum Gasteiger partial charge on any atom is 0.234 e. The van der Waals surface area contributed by atoms with Gasteiger partial charge >= 0.3 is 0 Å². The Balaban J connectivity index is 1.67. The molecule has 1 fully saturated rings. The number of nitrogens with zero attached hydrogens (tertiary/aromatic N) is 1. The molecule has 0 radical (unpaired) electrons. The Bertz CT molecular complexity index is 511. The summed E-state index contributed by atoms with van der Waals surface area (Å²) in [5, 5.41) is 5.75. The molecule has 5 nitrogen and oxygen atoms in total. The van der Waals surface area contributed by atoms with E-state index in [4.69, 9.17) is 0 Å². The van der Waals surface area contributed by atoms with Gasteiger partial charge in [0.2, 0.25) is 11.8 Å². The van der Waals surface area contributed by atoms with E-state index >= 15 is 0 Å². The smallest absolute Gasteiger partial charge is 0.234 e. The fraction of sp³-hybridized carbons (Fsp3) is 0.500. The van der Waals surface area contributed by atoms with Gasteiger partial charge in [-0.05, 0) is 30.5 Å². The molecular weight excluding hydrogens is 285 g/mol. The molecule has 1 heterocycles. The van der Waals surface area contributed by atoms with Crippen molar-refractivity contribution in [1.82, 2.24) is 15.5 Å². The lowest BCUT2D eigenvalue weighted by Gasteiger charge is -2.31. The molecule has 2 rings (SSSR count). The minimum atomic E-state index is -0.280. The Morgan fingerprint density at radius 3 is 2.45 bits per heavy atom. The predicted octanol–water partition coefficient (Wildman–Crippen LogP) is 1.04. The fourth-order valence-corrected chi connectivity index (χ4v) is 2.58. The van der Waals surface area contributed by atoms with Crippen LogP contribution in [-0.4, -0.2) is 42.4 Å². The molecule has 1 saturated heterocycles. The van der Waals surface area contributed by atoms with E-state index in [1.807, 2.05) is 0 Å². The van der Waals surface area contributed by atoms with E-state index in [2.05, 4.69) is 15.5 Å². The average Bonchev–Trinajstić information content (AvgIpc) is 2.48. The standard InChI is InChI=1S/C16H22FN3O2/c1-12(21)19-15-6-8-20(9-7-15)11-16(22)18-10-13-2-4-14(17)5-3-13/h2-5,15H,6-11H2,1H3,(H,18,22)(H,19,21). The minimum absolute atomic E-state index is 0.00418. The van der Waals surface area contributed by atoms with Crippen molar-refractivity contribution < 1.29 is 14.0 Å². The first-order valence-electron chi connectivity index (χ1n) is 7.53. The van der Waals surface area contributed by atoms with Crippen LogP contribution in [0, 0.1) is 5.82 Å². The van der Waals surface area contributed by atoms with Gasteiger partial charge in [-0.2, -0.15) is 0 Å². The van der Waals surface area contributed by atoms with E-state index in [0.717, 1.165) is 31.5 Å². The van der Waals surface area contributed by atoms with Gasteiger partial charge in [0.25, 0.3) is 0 Å². The second kappa shape index (κ2) is 7.89. The highest BCUT2D eigenvalue weighted by atomic mass is 19.1. The van der Waals surface area contributed by atoms with Crippen molar-refractivity contribution in [3.05, 3.63) is 35.6 Å². The number of nitrogens with one attached hydrogen (secondary N) is 2. The molecule has 0 spiro atoms. The number of hydrogen-bond donors (Lipinski definition) is 2. The first-order chi connectivity index (χ1) is 10.5. The highest BCUT2D eigenvalue weighted by Gasteiger charge is 2.21. The van der Waals surface area contributed by atoms with Gasteiger partial charge in [-0.3, -0.25) is 14.5 Å². The van der Waals surface area contributed by atoms with Crippen LogP contribution in [0.1, 0.15) is 25.3 Å². The van der Waals surface area contributed by atoms with E-state index in [9.17, 15) is 14.0 Å². The van der Waals surface area contributed by atoms with Crippen LogP contribution in [0.25, 0.3) is 0 Å². The Morgan fingerprint density at radius 1 is 1.23 bits per heavy atom. The molecule has 0 unspecified atom stereocenters.